The van der Waals surface area contributed by atoms with Crippen molar-refractivity contribution in [2.24, 2.45) is 17.1 Å². The zero-order chi connectivity index (χ0) is 13.6. The molecule has 2 unspecified atom stereocenters. The fraction of sp³-hybridized carbons (Fsp3) is 1.00. The Hall–Kier alpha value is -0.0800. The van der Waals surface area contributed by atoms with E-state index in [0.29, 0.717) is 5.41 Å². The van der Waals surface area contributed by atoms with E-state index in [1.54, 1.807) is 0 Å². The summed E-state index contributed by atoms with van der Waals surface area (Å²) in [6.07, 6.45) is 9.46. The Morgan fingerprint density at radius 3 is 2.44 bits per heavy atom. The molecule has 2 nitrogen and oxygen atoms in total. The van der Waals surface area contributed by atoms with Crippen LogP contribution >= 0.6 is 0 Å². The number of nitrogens with zero attached hydrogens (tertiary/aromatic N) is 1. The van der Waals surface area contributed by atoms with E-state index in [0.717, 1.165) is 24.9 Å². The third kappa shape index (κ3) is 5.27. The molecule has 1 saturated carbocycles. The number of hydrogen-bond donors (Lipinski definition) is 1. The maximum atomic E-state index is 5.67. The van der Waals surface area contributed by atoms with Crippen molar-refractivity contribution >= 4 is 0 Å². The molecule has 1 aliphatic rings. The molecule has 0 saturated heterocycles. The minimum Gasteiger partial charge on any atom is -0.330 e. The first kappa shape index (κ1) is 16.0. The molecular weight excluding hydrogens is 220 g/mol. The first-order valence-corrected chi connectivity index (χ1v) is 7.86. The van der Waals surface area contributed by atoms with E-state index in [1.807, 2.05) is 0 Å². The second kappa shape index (κ2) is 7.49. The smallest absolute Gasteiger partial charge is 0.0118 e. The summed E-state index contributed by atoms with van der Waals surface area (Å²) < 4.78 is 0. The van der Waals surface area contributed by atoms with E-state index in [9.17, 15) is 0 Å². The Morgan fingerprint density at radius 1 is 1.17 bits per heavy atom. The highest BCUT2D eigenvalue weighted by Crippen LogP contribution is 2.29. The summed E-state index contributed by atoms with van der Waals surface area (Å²) in [4.78, 5) is 2.61. The molecule has 108 valence electrons. The highest BCUT2D eigenvalue weighted by atomic mass is 15.1. The number of nitrogens with two attached hydrogens (primary N) is 1. The molecule has 1 aliphatic carbocycles. The lowest BCUT2D eigenvalue weighted by Crippen LogP contribution is -2.39. The minimum absolute atomic E-state index is 0.424. The van der Waals surface area contributed by atoms with Crippen LogP contribution < -0.4 is 5.73 Å². The molecule has 18 heavy (non-hydrogen) atoms. The second-order valence-corrected chi connectivity index (χ2v) is 7.12. The van der Waals surface area contributed by atoms with Crippen molar-refractivity contribution in [1.29, 1.82) is 0 Å². The van der Waals surface area contributed by atoms with Gasteiger partial charge in [-0.15, -0.1) is 0 Å². The number of hydrogen-bond acceptors (Lipinski definition) is 2. The third-order valence-corrected chi connectivity index (χ3v) is 4.82. The van der Waals surface area contributed by atoms with Crippen LogP contribution in [-0.2, 0) is 0 Å². The van der Waals surface area contributed by atoms with Crippen LogP contribution in [0.3, 0.4) is 0 Å². The van der Waals surface area contributed by atoms with Gasteiger partial charge in [0.15, 0.2) is 0 Å². The van der Waals surface area contributed by atoms with Crippen molar-refractivity contribution in [3.63, 3.8) is 0 Å². The van der Waals surface area contributed by atoms with E-state index >= 15 is 0 Å². The van der Waals surface area contributed by atoms with E-state index < -0.39 is 0 Å². The molecule has 1 rings (SSSR count). The monoisotopic (exact) mass is 254 g/mol. The Kier molecular flexibility index (Phi) is 6.65. The lowest BCUT2D eigenvalue weighted by atomic mass is 9.83. The second-order valence-electron chi connectivity index (χ2n) is 7.12. The zero-order valence-corrected chi connectivity index (χ0v) is 13.0. The van der Waals surface area contributed by atoms with Gasteiger partial charge in [-0.1, -0.05) is 33.6 Å². The molecule has 0 aromatic rings. The van der Waals surface area contributed by atoms with Crippen molar-refractivity contribution in [3.8, 4) is 0 Å². The Balaban J connectivity index is 2.25. The van der Waals surface area contributed by atoms with Crippen LogP contribution in [0.2, 0.25) is 0 Å². The Morgan fingerprint density at radius 2 is 1.83 bits per heavy atom. The minimum atomic E-state index is 0.424. The van der Waals surface area contributed by atoms with Gasteiger partial charge in [0.1, 0.15) is 0 Å². The molecule has 0 heterocycles. The maximum Gasteiger partial charge on any atom is 0.0118 e. The average Bonchev–Trinajstić information content (AvgIpc) is 2.29. The van der Waals surface area contributed by atoms with Gasteiger partial charge in [0.2, 0.25) is 0 Å². The lowest BCUT2D eigenvalue weighted by molar-refractivity contribution is 0.132. The van der Waals surface area contributed by atoms with Gasteiger partial charge in [0, 0.05) is 6.04 Å². The van der Waals surface area contributed by atoms with E-state index in [-0.39, 0.29) is 0 Å². The van der Waals surface area contributed by atoms with Crippen LogP contribution in [0, 0.1) is 11.3 Å². The topological polar surface area (TPSA) is 29.3 Å². The molecule has 0 aromatic heterocycles. The van der Waals surface area contributed by atoms with Crippen LogP contribution in [0.5, 0.6) is 0 Å². The van der Waals surface area contributed by atoms with Crippen LogP contribution in [0.25, 0.3) is 0 Å². The van der Waals surface area contributed by atoms with Crippen molar-refractivity contribution in [2.75, 3.05) is 20.1 Å². The van der Waals surface area contributed by atoms with Crippen molar-refractivity contribution in [2.45, 2.75) is 71.8 Å². The zero-order valence-electron chi connectivity index (χ0n) is 13.0. The van der Waals surface area contributed by atoms with Gasteiger partial charge in [0.25, 0.3) is 0 Å². The summed E-state index contributed by atoms with van der Waals surface area (Å²) in [5.41, 5.74) is 6.10. The Bertz CT molecular complexity index is 225. The predicted molar refractivity (Wildman–Crippen MR) is 80.7 cm³/mol. The first-order chi connectivity index (χ1) is 8.46. The van der Waals surface area contributed by atoms with Crippen molar-refractivity contribution in [1.82, 2.24) is 4.90 Å². The summed E-state index contributed by atoms with van der Waals surface area (Å²) >= 11 is 0. The molecule has 0 aromatic carbocycles. The van der Waals surface area contributed by atoms with Crippen molar-refractivity contribution < 1.29 is 0 Å². The first-order valence-electron chi connectivity index (χ1n) is 7.86. The molecular formula is C16H34N2. The fourth-order valence-electron chi connectivity index (χ4n) is 3.44. The largest absolute Gasteiger partial charge is 0.330 e. The summed E-state index contributed by atoms with van der Waals surface area (Å²) in [5.74, 6) is 0.890. The highest BCUT2D eigenvalue weighted by Gasteiger charge is 2.25. The fourth-order valence-corrected chi connectivity index (χ4v) is 3.44. The van der Waals surface area contributed by atoms with Crippen LogP contribution in [-0.4, -0.2) is 31.1 Å². The summed E-state index contributed by atoms with van der Waals surface area (Å²) in [6, 6.07) is 0.830. The van der Waals surface area contributed by atoms with Gasteiger partial charge < -0.3 is 10.6 Å². The van der Waals surface area contributed by atoms with Crippen molar-refractivity contribution in [3.05, 3.63) is 0 Å². The predicted octanol–water partition coefficient (Wildman–Crippen LogP) is 3.65. The average molecular weight is 254 g/mol. The summed E-state index contributed by atoms with van der Waals surface area (Å²) in [6.45, 7) is 9.20. The van der Waals surface area contributed by atoms with Crippen LogP contribution in [0.15, 0.2) is 0 Å². The molecule has 2 atom stereocenters. The SMILES string of the molecule is CC1CCCCC1N(C)CCCC(C)(C)CCN. The quantitative estimate of drug-likeness (QED) is 0.751. The van der Waals surface area contributed by atoms with E-state index in [4.69, 9.17) is 5.73 Å². The molecule has 2 heteroatoms. The highest BCUT2D eigenvalue weighted by molar-refractivity contribution is 4.79. The van der Waals surface area contributed by atoms with E-state index in [1.165, 1.54) is 45.1 Å². The standard InChI is InChI=1S/C16H34N2/c1-14-8-5-6-9-15(14)18(4)13-7-10-16(2,3)11-12-17/h14-15H,5-13,17H2,1-4H3. The van der Waals surface area contributed by atoms with Gasteiger partial charge in [-0.3, -0.25) is 0 Å². The molecule has 2 N–H and O–H groups in total. The third-order valence-electron chi connectivity index (χ3n) is 4.82. The van der Waals surface area contributed by atoms with Gasteiger partial charge in [-0.25, -0.2) is 0 Å². The summed E-state index contributed by atoms with van der Waals surface area (Å²) in [5, 5.41) is 0. The molecule has 0 aliphatic heterocycles. The molecule has 0 amide bonds. The molecule has 0 bridgehead atoms. The van der Waals surface area contributed by atoms with E-state index in [2.05, 4.69) is 32.7 Å². The van der Waals surface area contributed by atoms with Gasteiger partial charge >= 0.3 is 0 Å². The lowest BCUT2D eigenvalue weighted by Gasteiger charge is -2.37. The van der Waals surface area contributed by atoms with Gasteiger partial charge in [-0.2, -0.15) is 0 Å². The van der Waals surface area contributed by atoms with Gasteiger partial charge in [-0.05, 0) is 63.6 Å². The normalized spacial score (nSPS) is 25.7. The van der Waals surface area contributed by atoms with Gasteiger partial charge in [0.05, 0.1) is 0 Å². The van der Waals surface area contributed by atoms with Crippen LogP contribution in [0.1, 0.15) is 65.7 Å². The maximum absolute atomic E-state index is 5.67. The summed E-state index contributed by atoms with van der Waals surface area (Å²) in [7, 11) is 2.32. The number of rotatable bonds is 7. The molecule has 1 fully saturated rings. The molecule has 0 spiro atoms. The molecule has 0 radical (unpaired) electrons. The van der Waals surface area contributed by atoms with Crippen LogP contribution in [0.4, 0.5) is 0 Å². The Labute approximate surface area is 114 Å².